The van der Waals surface area contributed by atoms with Gasteiger partial charge in [-0.2, -0.15) is 8.78 Å². The number of carbonyl (C=O) groups excluding carboxylic acids is 2. The summed E-state index contributed by atoms with van der Waals surface area (Å²) in [7, 11) is 1.36. The van der Waals surface area contributed by atoms with Gasteiger partial charge in [0, 0.05) is 30.6 Å². The van der Waals surface area contributed by atoms with Crippen LogP contribution in [0.5, 0.6) is 0 Å². The van der Waals surface area contributed by atoms with Crippen molar-refractivity contribution in [3.63, 3.8) is 0 Å². The number of amides is 2. The average Bonchev–Trinajstić information content (AvgIpc) is 3.54. The number of alkyl halides is 2. The highest BCUT2D eigenvalue weighted by Gasteiger charge is 2.30. The third kappa shape index (κ3) is 5.47. The lowest BCUT2D eigenvalue weighted by Crippen LogP contribution is -2.35. The molecular weight excluding hydrogens is 568 g/mol. The van der Waals surface area contributed by atoms with Gasteiger partial charge in [-0.1, -0.05) is 43.5 Å². The van der Waals surface area contributed by atoms with Crippen molar-refractivity contribution in [2.75, 3.05) is 11.9 Å². The van der Waals surface area contributed by atoms with E-state index in [1.165, 1.54) is 24.8 Å². The zero-order valence-electron chi connectivity index (χ0n) is 24.1. The summed E-state index contributed by atoms with van der Waals surface area (Å²) in [6.45, 7) is 0.843. The Morgan fingerprint density at radius 3 is 2.49 bits per heavy atom. The molecule has 7 nitrogen and oxygen atoms in total. The van der Waals surface area contributed by atoms with E-state index in [0.717, 1.165) is 81.0 Å². The minimum atomic E-state index is -3.00. The summed E-state index contributed by atoms with van der Waals surface area (Å²) in [5.41, 5.74) is 17.8. The summed E-state index contributed by atoms with van der Waals surface area (Å²) in [5, 5.41) is 0.900. The van der Waals surface area contributed by atoms with Gasteiger partial charge in [-0.15, -0.1) is 11.3 Å². The maximum absolute atomic E-state index is 13.9. The number of hydrogen-bond donors (Lipinski definition) is 2. The summed E-state index contributed by atoms with van der Waals surface area (Å²) in [5.74, 6) is -0.672. The molecule has 6 rings (SSSR count). The molecule has 10 heteroatoms. The van der Waals surface area contributed by atoms with Crippen LogP contribution in [0.3, 0.4) is 0 Å². The number of hydrogen-bond acceptors (Lipinski definition) is 5. The molecule has 0 spiro atoms. The molecule has 3 heterocycles. The van der Waals surface area contributed by atoms with E-state index in [2.05, 4.69) is 6.07 Å². The Kier molecular flexibility index (Phi) is 7.41. The number of benzene rings is 2. The molecule has 2 aromatic carbocycles. The molecule has 1 aliphatic rings. The van der Waals surface area contributed by atoms with E-state index < -0.39 is 17.9 Å². The summed E-state index contributed by atoms with van der Waals surface area (Å²) in [4.78, 5) is 30.6. The zero-order valence-corrected chi connectivity index (χ0v) is 24.9. The van der Waals surface area contributed by atoms with Crippen LogP contribution in [0.25, 0.3) is 43.6 Å². The summed E-state index contributed by atoms with van der Waals surface area (Å²) < 4.78 is 30.8. The molecule has 1 fully saturated rings. The lowest BCUT2D eigenvalue weighted by Gasteiger charge is -2.26. The number of halogens is 2. The number of nitrogens with two attached hydrogens (primary N) is 2. The van der Waals surface area contributed by atoms with Gasteiger partial charge in [-0.25, -0.2) is 4.98 Å². The first-order valence-electron chi connectivity index (χ1n) is 14.4. The molecule has 43 heavy (non-hydrogen) atoms. The lowest BCUT2D eigenvalue weighted by molar-refractivity contribution is -0.118. The van der Waals surface area contributed by atoms with Gasteiger partial charge in [0.1, 0.15) is 6.54 Å². The Hall–Kier alpha value is -4.31. The SMILES string of the molecule is CN(c1cccc(-c2ccc3cc(-c4c(C5CCCCC5)c5sc(C(N)=O)cc5n4CC(N)=O)ccc3n2)c1)C(C)(F)F. The molecule has 222 valence electrons. The normalized spacial score (nSPS) is 14.4. The van der Waals surface area contributed by atoms with Gasteiger partial charge in [0.25, 0.3) is 5.91 Å². The van der Waals surface area contributed by atoms with Crippen LogP contribution in [0.15, 0.2) is 60.7 Å². The van der Waals surface area contributed by atoms with Crippen molar-refractivity contribution in [1.82, 2.24) is 9.55 Å². The van der Waals surface area contributed by atoms with E-state index in [9.17, 15) is 18.4 Å². The fourth-order valence-corrected chi connectivity index (χ4v) is 7.34. The topological polar surface area (TPSA) is 107 Å². The molecule has 1 aliphatic carbocycles. The molecule has 0 bridgehead atoms. The maximum Gasteiger partial charge on any atom is 0.322 e. The zero-order chi connectivity index (χ0) is 30.5. The maximum atomic E-state index is 13.9. The third-order valence-corrected chi connectivity index (χ3v) is 9.60. The van der Waals surface area contributed by atoms with E-state index in [-0.39, 0.29) is 12.5 Å². The molecule has 4 N–H and O–H groups in total. The third-order valence-electron chi connectivity index (χ3n) is 8.42. The second-order valence-corrected chi connectivity index (χ2v) is 12.4. The molecular formula is C33H33F2N5O2S. The van der Waals surface area contributed by atoms with E-state index in [0.29, 0.717) is 16.3 Å². The fourth-order valence-electron chi connectivity index (χ4n) is 6.21. The van der Waals surface area contributed by atoms with Crippen molar-refractivity contribution in [2.45, 2.75) is 57.5 Å². The summed E-state index contributed by atoms with van der Waals surface area (Å²) in [6, 6.07) is 15.6. The van der Waals surface area contributed by atoms with E-state index >= 15 is 0 Å². The molecule has 0 saturated heterocycles. The van der Waals surface area contributed by atoms with Crippen LogP contribution in [-0.2, 0) is 11.3 Å². The fraction of sp³-hybridized carbons (Fsp3) is 0.303. The minimum absolute atomic E-state index is 0.0235. The number of carbonyl (C=O) groups is 2. The number of thiophene rings is 1. The van der Waals surface area contributed by atoms with Gasteiger partial charge in [-0.3, -0.25) is 9.59 Å². The highest BCUT2D eigenvalue weighted by atomic mass is 32.1. The Morgan fingerprint density at radius 1 is 1.02 bits per heavy atom. The van der Waals surface area contributed by atoms with Crippen LogP contribution in [0.1, 0.15) is 60.2 Å². The number of fused-ring (bicyclic) bond motifs is 2. The Morgan fingerprint density at radius 2 is 1.79 bits per heavy atom. The molecule has 0 radical (unpaired) electrons. The monoisotopic (exact) mass is 601 g/mol. The first-order valence-corrected chi connectivity index (χ1v) is 15.2. The van der Waals surface area contributed by atoms with Gasteiger partial charge in [0.15, 0.2) is 0 Å². The predicted molar refractivity (Wildman–Crippen MR) is 169 cm³/mol. The van der Waals surface area contributed by atoms with Gasteiger partial charge in [0.05, 0.1) is 32.0 Å². The average molecular weight is 602 g/mol. The number of pyridine rings is 1. The van der Waals surface area contributed by atoms with Crippen LogP contribution in [0, 0.1) is 0 Å². The number of nitrogens with zero attached hydrogens (tertiary/aromatic N) is 3. The molecule has 0 unspecified atom stereocenters. The van der Waals surface area contributed by atoms with Gasteiger partial charge < -0.3 is 20.9 Å². The van der Waals surface area contributed by atoms with Crippen LogP contribution >= 0.6 is 11.3 Å². The number of aromatic nitrogens is 2. The Labute approximate surface area is 252 Å². The largest absolute Gasteiger partial charge is 0.368 e. The van der Waals surface area contributed by atoms with Crippen LogP contribution in [0.4, 0.5) is 14.5 Å². The van der Waals surface area contributed by atoms with Crippen LogP contribution in [0.2, 0.25) is 0 Å². The Bertz CT molecular complexity index is 1870. The molecule has 0 atom stereocenters. The van der Waals surface area contributed by atoms with Crippen LogP contribution < -0.4 is 16.4 Å². The highest BCUT2D eigenvalue weighted by molar-refractivity contribution is 7.21. The van der Waals surface area contributed by atoms with Gasteiger partial charge in [0.2, 0.25) is 5.91 Å². The van der Waals surface area contributed by atoms with Crippen molar-refractivity contribution >= 4 is 50.0 Å². The quantitative estimate of drug-likeness (QED) is 0.183. The van der Waals surface area contributed by atoms with Crippen molar-refractivity contribution in [1.29, 1.82) is 0 Å². The molecule has 2 amide bonds. The molecule has 1 saturated carbocycles. The van der Waals surface area contributed by atoms with E-state index in [1.54, 1.807) is 24.3 Å². The second kappa shape index (κ2) is 11.1. The smallest absolute Gasteiger partial charge is 0.322 e. The van der Waals surface area contributed by atoms with Gasteiger partial charge in [-0.05, 0) is 66.3 Å². The number of anilines is 1. The Balaban J connectivity index is 1.47. The van der Waals surface area contributed by atoms with Crippen molar-refractivity contribution in [3.05, 3.63) is 71.1 Å². The summed E-state index contributed by atoms with van der Waals surface area (Å²) in [6.07, 6.45) is 5.50. The minimum Gasteiger partial charge on any atom is -0.368 e. The number of rotatable bonds is 8. The molecule has 3 aromatic heterocycles. The first-order chi connectivity index (χ1) is 20.5. The van der Waals surface area contributed by atoms with Crippen molar-refractivity contribution in [3.8, 4) is 22.5 Å². The molecule has 5 aromatic rings. The number of primary amides is 2. The van der Waals surface area contributed by atoms with E-state index in [4.69, 9.17) is 16.5 Å². The van der Waals surface area contributed by atoms with Crippen molar-refractivity contribution < 1.29 is 18.4 Å². The second-order valence-electron chi connectivity index (χ2n) is 11.4. The molecule has 0 aliphatic heterocycles. The highest BCUT2D eigenvalue weighted by Crippen LogP contribution is 2.47. The summed E-state index contributed by atoms with van der Waals surface area (Å²) >= 11 is 1.38. The lowest BCUT2D eigenvalue weighted by atomic mass is 9.83. The standard InChI is InChI=1S/C33H33F2N5O2S/c1-33(34,35)39(2)23-10-6-9-20(16-23)24-13-11-21-15-22(12-14-25(21)38-24)30-29(19-7-4-3-5-8-19)31-26(40(30)18-28(36)41)17-27(43-31)32(37)42/h6,9-17,19H,3-5,7-8,18H2,1-2H3,(H2,36,41)(H2,37,42). The van der Waals surface area contributed by atoms with E-state index in [1.807, 2.05) is 34.9 Å². The first kappa shape index (κ1) is 28.8. The van der Waals surface area contributed by atoms with Gasteiger partial charge >= 0.3 is 6.05 Å². The van der Waals surface area contributed by atoms with Crippen molar-refractivity contribution in [2.24, 2.45) is 11.5 Å². The predicted octanol–water partition coefficient (Wildman–Crippen LogP) is 7.27. The van der Waals surface area contributed by atoms with Crippen LogP contribution in [-0.4, -0.2) is 34.5 Å².